The Kier molecular flexibility index (Phi) is 2.47. The number of rotatable bonds is 3. The van der Waals surface area contributed by atoms with Crippen molar-refractivity contribution in [2.75, 3.05) is 39.8 Å². The quantitative estimate of drug-likeness (QED) is 0.624. The lowest BCUT2D eigenvalue weighted by atomic mass is 9.80. The highest BCUT2D eigenvalue weighted by Crippen LogP contribution is 2.38. The molecule has 0 saturated carbocycles. The summed E-state index contributed by atoms with van der Waals surface area (Å²) in [6, 6.07) is 0. The molecule has 0 unspecified atom stereocenters. The number of aliphatic carboxylic acids is 1. The van der Waals surface area contributed by atoms with E-state index in [4.69, 9.17) is 5.11 Å². The van der Waals surface area contributed by atoms with E-state index in [1.165, 1.54) is 0 Å². The van der Waals surface area contributed by atoms with Crippen LogP contribution in [0.3, 0.4) is 0 Å². The summed E-state index contributed by atoms with van der Waals surface area (Å²) in [7, 11) is 1.93. The summed E-state index contributed by atoms with van der Waals surface area (Å²) in [5.41, 5.74) is 3.48. The van der Waals surface area contributed by atoms with Crippen molar-refractivity contribution >= 4 is 5.97 Å². The van der Waals surface area contributed by atoms with Gasteiger partial charge in [-0.15, -0.1) is 0 Å². The second-order valence-electron chi connectivity index (χ2n) is 4.43. The molecule has 0 amide bonds. The number of nitrogens with one attached hydrogen (secondary N) is 1. The van der Waals surface area contributed by atoms with Gasteiger partial charge in [0, 0.05) is 25.0 Å². The minimum Gasteiger partial charge on any atom is -0.480 e. The molecule has 14 heavy (non-hydrogen) atoms. The molecule has 0 aromatic rings. The molecule has 2 fully saturated rings. The summed E-state index contributed by atoms with van der Waals surface area (Å²) < 4.78 is 0. The van der Waals surface area contributed by atoms with Crippen molar-refractivity contribution in [1.29, 1.82) is 0 Å². The van der Waals surface area contributed by atoms with Gasteiger partial charge in [0.25, 0.3) is 0 Å². The van der Waals surface area contributed by atoms with Crippen LogP contribution in [0.4, 0.5) is 0 Å². The van der Waals surface area contributed by atoms with Crippen LogP contribution in [-0.4, -0.2) is 60.8 Å². The SMILES string of the molecule is CNN1CC2(CCN(CC(=O)O)C2)C1. The second-order valence-corrected chi connectivity index (χ2v) is 4.43. The van der Waals surface area contributed by atoms with E-state index in [0.29, 0.717) is 5.41 Å². The van der Waals surface area contributed by atoms with Crippen LogP contribution in [0.1, 0.15) is 6.42 Å². The zero-order chi connectivity index (χ0) is 10.2. The molecule has 0 bridgehead atoms. The molecular formula is C9H17N3O2. The molecule has 2 saturated heterocycles. The molecule has 0 aromatic heterocycles. The Morgan fingerprint density at radius 3 is 2.79 bits per heavy atom. The molecule has 2 rings (SSSR count). The lowest BCUT2D eigenvalue weighted by Gasteiger charge is -2.47. The number of carboxylic acid groups (broad SMARTS) is 1. The Bertz CT molecular complexity index is 238. The standard InChI is InChI=1S/C9H17N3O2/c1-10-12-6-9(7-12)2-3-11(5-9)4-8(13)14/h10H,2-7H2,1H3,(H,13,14). The molecule has 0 atom stereocenters. The van der Waals surface area contributed by atoms with Gasteiger partial charge in [-0.3, -0.25) is 15.1 Å². The van der Waals surface area contributed by atoms with Crippen molar-refractivity contribution in [3.63, 3.8) is 0 Å². The average Bonchev–Trinajstić information content (AvgIpc) is 2.44. The van der Waals surface area contributed by atoms with E-state index in [2.05, 4.69) is 10.4 Å². The number of likely N-dealkylation sites (tertiary alicyclic amines) is 1. The van der Waals surface area contributed by atoms with Crippen LogP contribution < -0.4 is 5.43 Å². The van der Waals surface area contributed by atoms with Gasteiger partial charge in [-0.2, -0.15) is 0 Å². The van der Waals surface area contributed by atoms with Gasteiger partial charge in [0.2, 0.25) is 0 Å². The van der Waals surface area contributed by atoms with Gasteiger partial charge >= 0.3 is 5.97 Å². The number of carboxylic acids is 1. The summed E-state index contributed by atoms with van der Waals surface area (Å²) in [6.07, 6.45) is 1.14. The number of nitrogens with zero attached hydrogens (tertiary/aromatic N) is 2. The molecule has 0 radical (unpaired) electrons. The topological polar surface area (TPSA) is 55.8 Å². The molecule has 2 heterocycles. The minimum absolute atomic E-state index is 0.196. The molecule has 5 heteroatoms. The third kappa shape index (κ3) is 1.75. The maximum atomic E-state index is 10.5. The van der Waals surface area contributed by atoms with Gasteiger partial charge in [-0.25, -0.2) is 5.01 Å². The van der Waals surface area contributed by atoms with Crippen molar-refractivity contribution < 1.29 is 9.90 Å². The zero-order valence-corrected chi connectivity index (χ0v) is 8.49. The van der Waals surface area contributed by atoms with Crippen LogP contribution >= 0.6 is 0 Å². The molecule has 2 N–H and O–H groups in total. The van der Waals surface area contributed by atoms with Crippen molar-refractivity contribution in [3.8, 4) is 0 Å². The van der Waals surface area contributed by atoms with Crippen LogP contribution in [-0.2, 0) is 4.79 Å². The fourth-order valence-corrected chi connectivity index (χ4v) is 2.53. The van der Waals surface area contributed by atoms with Gasteiger partial charge in [0.05, 0.1) is 6.54 Å². The van der Waals surface area contributed by atoms with Crippen molar-refractivity contribution in [2.24, 2.45) is 5.41 Å². The largest absolute Gasteiger partial charge is 0.480 e. The third-order valence-electron chi connectivity index (χ3n) is 3.25. The number of hydrazine groups is 1. The fraction of sp³-hybridized carbons (Fsp3) is 0.889. The maximum Gasteiger partial charge on any atom is 0.317 e. The van der Waals surface area contributed by atoms with Crippen LogP contribution in [0.2, 0.25) is 0 Å². The normalized spacial score (nSPS) is 26.6. The maximum absolute atomic E-state index is 10.5. The third-order valence-corrected chi connectivity index (χ3v) is 3.25. The summed E-state index contributed by atoms with van der Waals surface area (Å²) in [6.45, 7) is 4.18. The van der Waals surface area contributed by atoms with E-state index in [-0.39, 0.29) is 6.54 Å². The molecule has 0 aliphatic carbocycles. The first kappa shape index (κ1) is 9.89. The molecule has 80 valence electrons. The summed E-state index contributed by atoms with van der Waals surface area (Å²) in [4.78, 5) is 12.6. The first-order chi connectivity index (χ1) is 6.63. The summed E-state index contributed by atoms with van der Waals surface area (Å²) >= 11 is 0. The van der Waals surface area contributed by atoms with E-state index in [0.717, 1.165) is 32.6 Å². The number of hydrogen-bond donors (Lipinski definition) is 2. The average molecular weight is 199 g/mol. The molecule has 0 aromatic carbocycles. The van der Waals surface area contributed by atoms with Gasteiger partial charge in [-0.05, 0) is 20.0 Å². The highest BCUT2D eigenvalue weighted by molar-refractivity contribution is 5.69. The summed E-state index contributed by atoms with van der Waals surface area (Å²) in [5, 5.41) is 10.8. The van der Waals surface area contributed by atoms with Gasteiger partial charge in [-0.1, -0.05) is 0 Å². The van der Waals surface area contributed by atoms with Crippen LogP contribution in [0.15, 0.2) is 0 Å². The van der Waals surface area contributed by atoms with E-state index in [9.17, 15) is 4.79 Å². The zero-order valence-electron chi connectivity index (χ0n) is 8.49. The van der Waals surface area contributed by atoms with Crippen LogP contribution in [0, 0.1) is 5.41 Å². The monoisotopic (exact) mass is 199 g/mol. The predicted molar refractivity (Wildman–Crippen MR) is 51.8 cm³/mol. The van der Waals surface area contributed by atoms with Crippen LogP contribution in [0.5, 0.6) is 0 Å². The van der Waals surface area contributed by atoms with Crippen molar-refractivity contribution in [1.82, 2.24) is 15.3 Å². The van der Waals surface area contributed by atoms with Gasteiger partial charge in [0.1, 0.15) is 0 Å². The minimum atomic E-state index is -0.716. The second kappa shape index (κ2) is 3.49. The first-order valence-corrected chi connectivity index (χ1v) is 5.00. The molecule has 5 nitrogen and oxygen atoms in total. The van der Waals surface area contributed by atoms with E-state index < -0.39 is 5.97 Å². The molecule has 1 spiro atoms. The van der Waals surface area contributed by atoms with Gasteiger partial charge in [0.15, 0.2) is 0 Å². The highest BCUT2D eigenvalue weighted by atomic mass is 16.4. The lowest BCUT2D eigenvalue weighted by molar-refractivity contribution is -0.138. The van der Waals surface area contributed by atoms with Gasteiger partial charge < -0.3 is 5.11 Å². The first-order valence-electron chi connectivity index (χ1n) is 5.00. The number of carbonyl (C=O) groups is 1. The van der Waals surface area contributed by atoms with E-state index >= 15 is 0 Å². The summed E-state index contributed by atoms with van der Waals surface area (Å²) in [5.74, 6) is -0.716. The van der Waals surface area contributed by atoms with E-state index in [1.807, 2.05) is 11.9 Å². The predicted octanol–water partition coefficient (Wildman–Crippen LogP) is -0.787. The Morgan fingerprint density at radius 1 is 1.50 bits per heavy atom. The molecule has 2 aliphatic heterocycles. The molecule has 2 aliphatic rings. The Morgan fingerprint density at radius 2 is 2.21 bits per heavy atom. The Balaban J connectivity index is 1.81. The van der Waals surface area contributed by atoms with Crippen molar-refractivity contribution in [3.05, 3.63) is 0 Å². The highest BCUT2D eigenvalue weighted by Gasteiger charge is 2.47. The fourth-order valence-electron chi connectivity index (χ4n) is 2.53. The Labute approximate surface area is 83.6 Å². The Hall–Kier alpha value is -0.650. The lowest BCUT2D eigenvalue weighted by Crippen LogP contribution is -2.61. The smallest absolute Gasteiger partial charge is 0.317 e. The number of hydrogen-bond acceptors (Lipinski definition) is 4. The van der Waals surface area contributed by atoms with Crippen LogP contribution in [0.25, 0.3) is 0 Å². The van der Waals surface area contributed by atoms with E-state index in [1.54, 1.807) is 0 Å². The molecular weight excluding hydrogens is 182 g/mol. The van der Waals surface area contributed by atoms with Crippen molar-refractivity contribution in [2.45, 2.75) is 6.42 Å².